The quantitative estimate of drug-likeness (QED) is 0.641. The minimum Gasteiger partial charge on any atom is -0.333 e. The zero-order valence-corrected chi connectivity index (χ0v) is 11.4. The van der Waals surface area contributed by atoms with Gasteiger partial charge in [-0.2, -0.15) is 0 Å². The van der Waals surface area contributed by atoms with Crippen LogP contribution in [0.25, 0.3) is 0 Å². The highest BCUT2D eigenvalue weighted by Crippen LogP contribution is 2.18. The number of benzene rings is 2. The maximum atomic E-state index is 12.4. The Morgan fingerprint density at radius 1 is 1.00 bits per heavy atom. The lowest BCUT2D eigenvalue weighted by Crippen LogP contribution is -2.32. The molecule has 0 heterocycles. The molecule has 0 spiro atoms. The molecule has 21 heavy (non-hydrogen) atoms. The predicted octanol–water partition coefficient (Wildman–Crippen LogP) is 2.62. The van der Waals surface area contributed by atoms with Gasteiger partial charge in [-0.05, 0) is 36.4 Å². The second kappa shape index (κ2) is 6.47. The first-order valence-corrected chi connectivity index (χ1v) is 6.25. The summed E-state index contributed by atoms with van der Waals surface area (Å²) < 4.78 is 0. The first-order chi connectivity index (χ1) is 10.1. The van der Waals surface area contributed by atoms with E-state index in [1.54, 1.807) is 30.3 Å². The molecule has 5 nitrogen and oxygen atoms in total. The highest BCUT2D eigenvalue weighted by atomic mass is 16.7. The molecule has 2 aromatic carbocycles. The van der Waals surface area contributed by atoms with Gasteiger partial charge in [-0.1, -0.05) is 18.2 Å². The molecule has 0 aliphatic heterocycles. The summed E-state index contributed by atoms with van der Waals surface area (Å²) in [5, 5.41) is 0.909. The molecule has 0 atom stereocenters. The van der Waals surface area contributed by atoms with Crippen molar-refractivity contribution in [2.24, 2.45) is 0 Å². The fraction of sp³-hybridized carbons (Fsp3) is 0.0625. The van der Waals surface area contributed by atoms with E-state index in [2.05, 4.69) is 0 Å². The number of carbonyl (C=O) groups excluding carboxylic acids is 3. The Kier molecular flexibility index (Phi) is 4.46. The van der Waals surface area contributed by atoms with Gasteiger partial charge < -0.3 is 4.84 Å². The molecule has 0 fully saturated rings. The van der Waals surface area contributed by atoms with Gasteiger partial charge in [-0.3, -0.25) is 9.59 Å². The van der Waals surface area contributed by atoms with Gasteiger partial charge in [0, 0.05) is 18.1 Å². The molecule has 0 unspecified atom stereocenters. The van der Waals surface area contributed by atoms with Crippen molar-refractivity contribution in [3.05, 3.63) is 65.7 Å². The standard InChI is InChI=1S/C16H13NO4/c1-12(19)21-17(15-9-7-13(11-18)8-10-15)16(20)14-5-3-2-4-6-14/h2-11H,1H3. The van der Waals surface area contributed by atoms with E-state index in [0.717, 1.165) is 5.06 Å². The van der Waals surface area contributed by atoms with Crippen LogP contribution in [0.15, 0.2) is 54.6 Å². The van der Waals surface area contributed by atoms with Crippen LogP contribution in [0, 0.1) is 0 Å². The number of amides is 1. The van der Waals surface area contributed by atoms with Gasteiger partial charge in [0.05, 0.1) is 5.69 Å². The molecule has 0 saturated heterocycles. The zero-order valence-electron chi connectivity index (χ0n) is 11.4. The molecular weight excluding hydrogens is 270 g/mol. The van der Waals surface area contributed by atoms with E-state index in [9.17, 15) is 14.4 Å². The normalized spacial score (nSPS) is 9.76. The summed E-state index contributed by atoms with van der Waals surface area (Å²) in [6.45, 7) is 1.21. The van der Waals surface area contributed by atoms with E-state index in [4.69, 9.17) is 4.84 Å². The summed E-state index contributed by atoms with van der Waals surface area (Å²) >= 11 is 0. The predicted molar refractivity (Wildman–Crippen MR) is 76.8 cm³/mol. The number of hydrogen-bond acceptors (Lipinski definition) is 4. The Labute approximate surface area is 121 Å². The van der Waals surface area contributed by atoms with Crippen LogP contribution < -0.4 is 5.06 Å². The van der Waals surface area contributed by atoms with E-state index < -0.39 is 11.9 Å². The molecule has 0 N–H and O–H groups in total. The largest absolute Gasteiger partial charge is 0.333 e. The van der Waals surface area contributed by atoms with E-state index in [1.165, 1.54) is 31.2 Å². The average molecular weight is 283 g/mol. The maximum absolute atomic E-state index is 12.4. The fourth-order valence-electron chi connectivity index (χ4n) is 1.73. The average Bonchev–Trinajstić information content (AvgIpc) is 2.53. The first-order valence-electron chi connectivity index (χ1n) is 6.25. The summed E-state index contributed by atoms with van der Waals surface area (Å²) in [5.74, 6) is -1.08. The fourth-order valence-corrected chi connectivity index (χ4v) is 1.73. The van der Waals surface area contributed by atoms with Gasteiger partial charge in [0.25, 0.3) is 5.91 Å². The molecule has 2 rings (SSSR count). The SMILES string of the molecule is CC(=O)ON(C(=O)c1ccccc1)c1ccc(C=O)cc1. The Balaban J connectivity index is 2.35. The van der Waals surface area contributed by atoms with Crippen molar-refractivity contribution in [1.82, 2.24) is 0 Å². The molecule has 0 radical (unpaired) electrons. The number of nitrogens with zero attached hydrogens (tertiary/aromatic N) is 1. The molecule has 0 aromatic heterocycles. The van der Waals surface area contributed by atoms with Gasteiger partial charge in [0.2, 0.25) is 0 Å². The minimum absolute atomic E-state index is 0.365. The van der Waals surface area contributed by atoms with Crippen LogP contribution in [-0.4, -0.2) is 18.2 Å². The van der Waals surface area contributed by atoms with Crippen LogP contribution in [0.3, 0.4) is 0 Å². The number of hydrogen-bond donors (Lipinski definition) is 0. The number of rotatable bonds is 3. The van der Waals surface area contributed by atoms with Crippen LogP contribution in [0.1, 0.15) is 27.6 Å². The van der Waals surface area contributed by atoms with Crippen LogP contribution in [0.4, 0.5) is 5.69 Å². The summed E-state index contributed by atoms with van der Waals surface area (Å²) in [4.78, 5) is 39.3. The lowest BCUT2D eigenvalue weighted by Gasteiger charge is -2.20. The van der Waals surface area contributed by atoms with Crippen LogP contribution in [0.5, 0.6) is 0 Å². The Morgan fingerprint density at radius 2 is 1.62 bits per heavy atom. The van der Waals surface area contributed by atoms with E-state index in [1.807, 2.05) is 0 Å². The summed E-state index contributed by atoms with van der Waals surface area (Å²) in [6.07, 6.45) is 0.693. The van der Waals surface area contributed by atoms with Crippen molar-refractivity contribution in [3.8, 4) is 0 Å². The monoisotopic (exact) mass is 283 g/mol. The molecule has 106 valence electrons. The lowest BCUT2D eigenvalue weighted by atomic mass is 10.2. The summed E-state index contributed by atoms with van der Waals surface area (Å²) in [7, 11) is 0. The summed E-state index contributed by atoms with van der Waals surface area (Å²) in [5.41, 5.74) is 1.22. The second-order valence-electron chi connectivity index (χ2n) is 4.26. The third-order valence-corrected chi connectivity index (χ3v) is 2.69. The van der Waals surface area contributed by atoms with Gasteiger partial charge >= 0.3 is 5.97 Å². The Bertz CT molecular complexity index is 650. The minimum atomic E-state index is -0.612. The van der Waals surface area contributed by atoms with E-state index in [-0.39, 0.29) is 0 Å². The van der Waals surface area contributed by atoms with Crippen LogP contribution >= 0.6 is 0 Å². The van der Waals surface area contributed by atoms with Crippen molar-refractivity contribution in [2.75, 3.05) is 5.06 Å². The van der Waals surface area contributed by atoms with Crippen molar-refractivity contribution >= 4 is 23.9 Å². The highest BCUT2D eigenvalue weighted by Gasteiger charge is 2.20. The van der Waals surface area contributed by atoms with Crippen LogP contribution in [0.2, 0.25) is 0 Å². The molecule has 2 aromatic rings. The zero-order chi connectivity index (χ0) is 15.2. The molecule has 0 bridgehead atoms. The van der Waals surface area contributed by atoms with Gasteiger partial charge in [0.15, 0.2) is 0 Å². The Hall–Kier alpha value is -2.95. The van der Waals surface area contributed by atoms with Crippen LogP contribution in [-0.2, 0) is 9.63 Å². The number of hydroxylamine groups is 1. The molecule has 5 heteroatoms. The molecule has 0 aliphatic rings. The van der Waals surface area contributed by atoms with E-state index in [0.29, 0.717) is 23.1 Å². The number of aldehydes is 1. The van der Waals surface area contributed by atoms with Gasteiger partial charge in [-0.15, -0.1) is 5.06 Å². The molecule has 1 amide bonds. The second-order valence-corrected chi connectivity index (χ2v) is 4.26. The van der Waals surface area contributed by atoms with Gasteiger partial charge in [0.1, 0.15) is 6.29 Å². The highest BCUT2D eigenvalue weighted by molar-refractivity contribution is 6.05. The maximum Gasteiger partial charge on any atom is 0.330 e. The molecular formula is C16H13NO4. The third kappa shape index (κ3) is 3.54. The topological polar surface area (TPSA) is 63.7 Å². The molecule has 0 saturated carbocycles. The number of anilines is 1. The smallest absolute Gasteiger partial charge is 0.330 e. The summed E-state index contributed by atoms with van der Waals surface area (Å²) in [6, 6.07) is 14.6. The lowest BCUT2D eigenvalue weighted by molar-refractivity contribution is -0.141. The molecule has 0 aliphatic carbocycles. The van der Waals surface area contributed by atoms with E-state index >= 15 is 0 Å². The van der Waals surface area contributed by atoms with Gasteiger partial charge in [-0.25, -0.2) is 4.79 Å². The first kappa shape index (κ1) is 14.5. The van der Waals surface area contributed by atoms with Crippen molar-refractivity contribution < 1.29 is 19.2 Å². The van der Waals surface area contributed by atoms with Crippen molar-refractivity contribution in [3.63, 3.8) is 0 Å². The van der Waals surface area contributed by atoms with Crippen molar-refractivity contribution in [2.45, 2.75) is 6.92 Å². The van der Waals surface area contributed by atoms with Crippen molar-refractivity contribution in [1.29, 1.82) is 0 Å². The Morgan fingerprint density at radius 3 is 2.14 bits per heavy atom. The number of carbonyl (C=O) groups is 3. The third-order valence-electron chi connectivity index (χ3n) is 2.69.